The van der Waals surface area contributed by atoms with Crippen molar-refractivity contribution in [1.29, 1.82) is 0 Å². The molecule has 1 aromatic heterocycles. The van der Waals surface area contributed by atoms with E-state index in [1.54, 1.807) is 0 Å². The van der Waals surface area contributed by atoms with Gasteiger partial charge in [0.1, 0.15) is 0 Å². The molecule has 1 aromatic carbocycles. The minimum absolute atomic E-state index is 1.02. The fourth-order valence-corrected chi connectivity index (χ4v) is 1.99. The minimum atomic E-state index is 1.02. The highest BCUT2D eigenvalue weighted by Gasteiger charge is 2.01. The maximum Gasteiger partial charge on any atom is 0.0946 e. The number of hydrogen-bond donors (Lipinski definition) is 0. The monoisotopic (exact) mass is 214 g/mol. The molecule has 0 saturated carbocycles. The molecule has 0 unspecified atom stereocenters. The lowest BCUT2D eigenvalue weighted by Gasteiger charge is -2.05. The number of imidazole rings is 1. The van der Waals surface area contributed by atoms with Crippen LogP contribution in [0.15, 0.2) is 30.7 Å². The minimum Gasteiger partial charge on any atom is -0.340 e. The molecule has 1 heterocycles. The zero-order chi connectivity index (χ0) is 11.5. The first-order chi connectivity index (χ1) is 7.65. The summed E-state index contributed by atoms with van der Waals surface area (Å²) in [5.41, 5.74) is 5.31. The molecule has 2 heteroatoms. The Bertz CT molecular complexity index is 483. The maximum atomic E-state index is 4.34. The van der Waals surface area contributed by atoms with Crippen LogP contribution in [0.3, 0.4) is 0 Å². The fraction of sp³-hybridized carbons (Fsp3) is 0.357. The third-order valence-corrected chi connectivity index (χ3v) is 2.91. The van der Waals surface area contributed by atoms with Crippen LogP contribution < -0.4 is 0 Å². The molecule has 16 heavy (non-hydrogen) atoms. The van der Waals surface area contributed by atoms with Crippen molar-refractivity contribution in [2.75, 3.05) is 0 Å². The van der Waals surface area contributed by atoms with Crippen molar-refractivity contribution in [3.63, 3.8) is 0 Å². The van der Waals surface area contributed by atoms with Gasteiger partial charge in [0.2, 0.25) is 0 Å². The van der Waals surface area contributed by atoms with Crippen molar-refractivity contribution < 1.29 is 0 Å². The van der Waals surface area contributed by atoms with Crippen LogP contribution in [0.5, 0.6) is 0 Å². The molecule has 0 atom stereocenters. The maximum absolute atomic E-state index is 4.34. The number of hydrogen-bond acceptors (Lipinski definition) is 1. The van der Waals surface area contributed by atoms with E-state index in [2.05, 4.69) is 43.2 Å². The van der Waals surface area contributed by atoms with Crippen molar-refractivity contribution in [3.05, 3.63) is 53.1 Å². The quantitative estimate of drug-likeness (QED) is 0.768. The van der Waals surface area contributed by atoms with E-state index in [-0.39, 0.29) is 0 Å². The molecule has 0 spiro atoms. The van der Waals surface area contributed by atoms with Gasteiger partial charge in [0.05, 0.1) is 12.0 Å². The van der Waals surface area contributed by atoms with Crippen LogP contribution in [0.1, 0.15) is 22.4 Å². The summed E-state index contributed by atoms with van der Waals surface area (Å²) in [5, 5.41) is 0. The molecular weight excluding hydrogens is 196 g/mol. The van der Waals surface area contributed by atoms with Crippen molar-refractivity contribution in [1.82, 2.24) is 9.55 Å². The van der Waals surface area contributed by atoms with Crippen molar-refractivity contribution >= 4 is 0 Å². The van der Waals surface area contributed by atoms with E-state index >= 15 is 0 Å². The molecule has 0 radical (unpaired) electrons. The molecule has 0 amide bonds. The molecule has 0 N–H and O–H groups in total. The summed E-state index contributed by atoms with van der Waals surface area (Å²) in [6, 6.07) is 6.65. The second-order valence-corrected chi connectivity index (χ2v) is 4.46. The number of aryl methyl sites for hydroxylation is 5. The van der Waals surface area contributed by atoms with Crippen LogP contribution in [0.25, 0.3) is 0 Å². The van der Waals surface area contributed by atoms with E-state index in [9.17, 15) is 0 Å². The summed E-state index contributed by atoms with van der Waals surface area (Å²) in [6.45, 7) is 4.32. The largest absolute Gasteiger partial charge is 0.340 e. The van der Waals surface area contributed by atoms with E-state index in [0.29, 0.717) is 0 Å². The molecule has 2 rings (SSSR count). The summed E-state index contributed by atoms with van der Waals surface area (Å²) >= 11 is 0. The Balaban J connectivity index is 2.04. The lowest BCUT2D eigenvalue weighted by atomic mass is 10.0. The molecular formula is C14H18N2. The Hall–Kier alpha value is -1.57. The van der Waals surface area contributed by atoms with E-state index in [1.165, 1.54) is 22.4 Å². The highest BCUT2D eigenvalue weighted by molar-refractivity contribution is 5.30. The standard InChI is InChI=1S/C14H18N2/c1-11-4-5-13(12(2)8-11)6-7-14-9-16(3)10-15-14/h4-5,8-10H,6-7H2,1-3H3. The summed E-state index contributed by atoms with van der Waals surface area (Å²) < 4.78 is 2.00. The second-order valence-electron chi connectivity index (χ2n) is 4.46. The average Bonchev–Trinajstić information content (AvgIpc) is 2.63. The predicted octanol–water partition coefficient (Wildman–Crippen LogP) is 2.82. The molecule has 0 aliphatic carbocycles. The van der Waals surface area contributed by atoms with Crippen molar-refractivity contribution in [2.45, 2.75) is 26.7 Å². The lowest BCUT2D eigenvalue weighted by Crippen LogP contribution is -1.95. The predicted molar refractivity (Wildman–Crippen MR) is 66.5 cm³/mol. The van der Waals surface area contributed by atoms with Gasteiger partial charge in [-0.1, -0.05) is 23.8 Å². The molecule has 0 aliphatic rings. The fourth-order valence-electron chi connectivity index (χ4n) is 1.99. The van der Waals surface area contributed by atoms with Crippen molar-refractivity contribution in [2.24, 2.45) is 7.05 Å². The topological polar surface area (TPSA) is 17.8 Å². The van der Waals surface area contributed by atoms with Gasteiger partial charge in [-0.15, -0.1) is 0 Å². The van der Waals surface area contributed by atoms with Crippen LogP contribution >= 0.6 is 0 Å². The smallest absolute Gasteiger partial charge is 0.0946 e. The van der Waals surface area contributed by atoms with Gasteiger partial charge in [-0.05, 0) is 37.8 Å². The van der Waals surface area contributed by atoms with Crippen LogP contribution in [0.4, 0.5) is 0 Å². The summed E-state index contributed by atoms with van der Waals surface area (Å²) in [7, 11) is 2.01. The molecule has 0 saturated heterocycles. The Morgan fingerprint density at radius 3 is 2.62 bits per heavy atom. The number of nitrogens with zero attached hydrogens (tertiary/aromatic N) is 2. The number of aromatic nitrogens is 2. The zero-order valence-electron chi connectivity index (χ0n) is 10.2. The van der Waals surface area contributed by atoms with Gasteiger partial charge in [0.25, 0.3) is 0 Å². The highest BCUT2D eigenvalue weighted by atomic mass is 15.0. The lowest BCUT2D eigenvalue weighted by molar-refractivity contribution is 0.900. The molecule has 84 valence electrons. The Kier molecular flexibility index (Phi) is 3.09. The Morgan fingerprint density at radius 2 is 2.00 bits per heavy atom. The normalized spacial score (nSPS) is 10.7. The van der Waals surface area contributed by atoms with E-state index in [0.717, 1.165) is 12.8 Å². The first-order valence-electron chi connectivity index (χ1n) is 5.68. The van der Waals surface area contributed by atoms with Gasteiger partial charge in [-0.3, -0.25) is 0 Å². The van der Waals surface area contributed by atoms with Gasteiger partial charge >= 0.3 is 0 Å². The van der Waals surface area contributed by atoms with E-state index in [4.69, 9.17) is 0 Å². The summed E-state index contributed by atoms with van der Waals surface area (Å²) in [5.74, 6) is 0. The summed E-state index contributed by atoms with van der Waals surface area (Å²) in [6.07, 6.45) is 6.04. The summed E-state index contributed by atoms with van der Waals surface area (Å²) in [4.78, 5) is 4.34. The van der Waals surface area contributed by atoms with Crippen LogP contribution in [-0.4, -0.2) is 9.55 Å². The highest BCUT2D eigenvalue weighted by Crippen LogP contribution is 2.13. The van der Waals surface area contributed by atoms with Gasteiger partial charge in [0.15, 0.2) is 0 Å². The first kappa shape index (κ1) is 10.9. The van der Waals surface area contributed by atoms with Crippen LogP contribution in [-0.2, 0) is 19.9 Å². The van der Waals surface area contributed by atoms with Gasteiger partial charge in [-0.25, -0.2) is 4.98 Å². The zero-order valence-corrected chi connectivity index (χ0v) is 10.2. The molecule has 2 nitrogen and oxygen atoms in total. The molecule has 2 aromatic rings. The van der Waals surface area contributed by atoms with Gasteiger partial charge in [-0.2, -0.15) is 0 Å². The number of benzene rings is 1. The number of rotatable bonds is 3. The third-order valence-electron chi connectivity index (χ3n) is 2.91. The first-order valence-corrected chi connectivity index (χ1v) is 5.68. The van der Waals surface area contributed by atoms with Crippen LogP contribution in [0.2, 0.25) is 0 Å². The van der Waals surface area contributed by atoms with E-state index in [1.807, 2.05) is 17.9 Å². The molecule has 0 bridgehead atoms. The molecule has 0 aliphatic heterocycles. The van der Waals surface area contributed by atoms with Gasteiger partial charge < -0.3 is 4.57 Å². The SMILES string of the molecule is Cc1ccc(CCc2cn(C)cn2)c(C)c1. The van der Waals surface area contributed by atoms with Crippen LogP contribution in [0, 0.1) is 13.8 Å². The van der Waals surface area contributed by atoms with Gasteiger partial charge in [0, 0.05) is 13.2 Å². The Morgan fingerprint density at radius 1 is 1.19 bits per heavy atom. The van der Waals surface area contributed by atoms with E-state index < -0.39 is 0 Å². The average molecular weight is 214 g/mol. The third kappa shape index (κ3) is 2.51. The molecule has 0 fully saturated rings. The Labute approximate surface area is 97.0 Å². The second kappa shape index (κ2) is 4.52. The van der Waals surface area contributed by atoms with Crippen molar-refractivity contribution in [3.8, 4) is 0 Å².